The summed E-state index contributed by atoms with van der Waals surface area (Å²) in [6, 6.07) is 8.70. The summed E-state index contributed by atoms with van der Waals surface area (Å²) in [6.07, 6.45) is 6.99. The average molecular weight is 325 g/mol. The number of likely N-dealkylation sites (tertiary alicyclic amines) is 1. The van der Waals surface area contributed by atoms with Gasteiger partial charge in [-0.25, -0.2) is 0 Å². The molecule has 0 saturated carbocycles. The van der Waals surface area contributed by atoms with E-state index in [0.29, 0.717) is 17.8 Å². The topological polar surface area (TPSA) is 41.3 Å². The van der Waals surface area contributed by atoms with Crippen molar-refractivity contribution in [1.29, 1.82) is 0 Å². The molecule has 24 heavy (non-hydrogen) atoms. The number of phenolic OH excluding ortho intramolecular Hbond substituents is 1. The standard InChI is InChI=1S/C20H27N3O/c1-4-17-16(7-5-9-20(17)24)11-14-22-13-6-8-18(22)19-10-12-21-23(19)15(2)3/h4-5,7,9-10,12,15,18,24H,1,6,8,11,13-14H2,2-3H3. The number of phenols is 1. The molecule has 2 heterocycles. The summed E-state index contributed by atoms with van der Waals surface area (Å²) in [5.74, 6) is 0.318. The third kappa shape index (κ3) is 3.24. The van der Waals surface area contributed by atoms with Crippen LogP contribution in [0.1, 0.15) is 55.6 Å². The van der Waals surface area contributed by atoms with Crippen LogP contribution >= 0.6 is 0 Å². The third-order valence-corrected chi connectivity index (χ3v) is 4.94. The van der Waals surface area contributed by atoms with Crippen LogP contribution in [0.25, 0.3) is 6.08 Å². The fourth-order valence-corrected chi connectivity index (χ4v) is 3.77. The van der Waals surface area contributed by atoms with E-state index >= 15 is 0 Å². The Kier molecular flexibility index (Phi) is 5.05. The Labute approximate surface area is 144 Å². The molecule has 1 aromatic heterocycles. The first-order valence-electron chi connectivity index (χ1n) is 8.82. The number of rotatable bonds is 6. The molecule has 0 aliphatic carbocycles. The molecule has 0 amide bonds. The lowest BCUT2D eigenvalue weighted by molar-refractivity contribution is 0.246. The highest BCUT2D eigenvalue weighted by atomic mass is 16.3. The summed E-state index contributed by atoms with van der Waals surface area (Å²) in [7, 11) is 0. The predicted octanol–water partition coefficient (Wildman–Crippen LogP) is 4.19. The number of hydrogen-bond donors (Lipinski definition) is 1. The quantitative estimate of drug-likeness (QED) is 0.866. The van der Waals surface area contributed by atoms with E-state index in [1.165, 1.54) is 18.5 Å². The molecular formula is C20H27N3O. The van der Waals surface area contributed by atoms with Gasteiger partial charge < -0.3 is 5.11 Å². The van der Waals surface area contributed by atoms with Gasteiger partial charge in [0.1, 0.15) is 5.75 Å². The molecule has 0 spiro atoms. The molecule has 1 fully saturated rings. The molecule has 1 aliphatic heterocycles. The molecule has 4 heteroatoms. The van der Waals surface area contributed by atoms with E-state index in [4.69, 9.17) is 0 Å². The van der Waals surface area contributed by atoms with Gasteiger partial charge in [-0.3, -0.25) is 9.58 Å². The summed E-state index contributed by atoms with van der Waals surface area (Å²) in [5.41, 5.74) is 3.34. The van der Waals surface area contributed by atoms with Gasteiger partial charge in [-0.2, -0.15) is 5.10 Å². The van der Waals surface area contributed by atoms with Gasteiger partial charge in [-0.05, 0) is 57.4 Å². The molecule has 1 atom stereocenters. The lowest BCUT2D eigenvalue weighted by Gasteiger charge is -2.26. The largest absolute Gasteiger partial charge is 0.507 e. The van der Waals surface area contributed by atoms with E-state index in [1.807, 2.05) is 12.3 Å². The zero-order valence-corrected chi connectivity index (χ0v) is 14.7. The van der Waals surface area contributed by atoms with Crippen LogP contribution in [-0.4, -0.2) is 32.9 Å². The SMILES string of the molecule is C=Cc1c(O)cccc1CCN1CCCC1c1ccnn1C(C)C. The van der Waals surface area contributed by atoms with E-state index in [0.717, 1.165) is 30.6 Å². The van der Waals surface area contributed by atoms with Crippen LogP contribution in [0.4, 0.5) is 0 Å². The summed E-state index contributed by atoms with van der Waals surface area (Å²) >= 11 is 0. The van der Waals surface area contributed by atoms with E-state index < -0.39 is 0 Å². The second-order valence-electron chi connectivity index (χ2n) is 6.79. The summed E-state index contributed by atoms with van der Waals surface area (Å²) in [4.78, 5) is 2.55. The smallest absolute Gasteiger partial charge is 0.123 e. The Bertz CT molecular complexity index is 705. The van der Waals surface area contributed by atoms with Gasteiger partial charge in [0.25, 0.3) is 0 Å². The number of aromatic nitrogens is 2. The first-order chi connectivity index (χ1) is 11.6. The maximum Gasteiger partial charge on any atom is 0.123 e. The second-order valence-corrected chi connectivity index (χ2v) is 6.79. The van der Waals surface area contributed by atoms with Crippen molar-refractivity contribution < 1.29 is 5.11 Å². The second kappa shape index (κ2) is 7.22. The van der Waals surface area contributed by atoms with Crippen molar-refractivity contribution >= 4 is 6.08 Å². The highest BCUT2D eigenvalue weighted by molar-refractivity contribution is 5.59. The Hall–Kier alpha value is -2.07. The molecule has 3 rings (SSSR count). The molecule has 0 bridgehead atoms. The molecule has 1 saturated heterocycles. The molecule has 1 aliphatic rings. The zero-order valence-electron chi connectivity index (χ0n) is 14.7. The predicted molar refractivity (Wildman–Crippen MR) is 98.1 cm³/mol. The van der Waals surface area contributed by atoms with Crippen LogP contribution in [0.15, 0.2) is 37.0 Å². The van der Waals surface area contributed by atoms with Crippen molar-refractivity contribution in [2.45, 2.75) is 45.2 Å². The van der Waals surface area contributed by atoms with Crippen LogP contribution in [0.2, 0.25) is 0 Å². The van der Waals surface area contributed by atoms with Crippen molar-refractivity contribution in [3.63, 3.8) is 0 Å². The molecule has 1 unspecified atom stereocenters. The van der Waals surface area contributed by atoms with Crippen molar-refractivity contribution in [3.8, 4) is 5.75 Å². The Morgan fingerprint density at radius 1 is 1.38 bits per heavy atom. The van der Waals surface area contributed by atoms with E-state index in [2.05, 4.69) is 47.2 Å². The minimum absolute atomic E-state index is 0.318. The Morgan fingerprint density at radius 3 is 2.96 bits per heavy atom. The van der Waals surface area contributed by atoms with Gasteiger partial charge in [-0.1, -0.05) is 24.8 Å². The van der Waals surface area contributed by atoms with E-state index in [-0.39, 0.29) is 0 Å². The first kappa shape index (κ1) is 16.8. The number of benzene rings is 1. The van der Waals surface area contributed by atoms with Gasteiger partial charge in [0.05, 0.1) is 11.7 Å². The lowest BCUT2D eigenvalue weighted by atomic mass is 10.0. The van der Waals surface area contributed by atoms with E-state index in [1.54, 1.807) is 12.1 Å². The summed E-state index contributed by atoms with van der Waals surface area (Å²) in [6.45, 7) is 10.3. The fourth-order valence-electron chi connectivity index (χ4n) is 3.77. The summed E-state index contributed by atoms with van der Waals surface area (Å²) in [5, 5.41) is 14.5. The highest BCUT2D eigenvalue weighted by Crippen LogP contribution is 2.33. The third-order valence-electron chi connectivity index (χ3n) is 4.94. The van der Waals surface area contributed by atoms with Gasteiger partial charge in [0.2, 0.25) is 0 Å². The molecule has 2 aromatic rings. The minimum atomic E-state index is 0.318. The van der Waals surface area contributed by atoms with Crippen molar-refractivity contribution in [2.24, 2.45) is 0 Å². The normalized spacial score (nSPS) is 18.4. The van der Waals surface area contributed by atoms with Crippen molar-refractivity contribution in [3.05, 3.63) is 53.9 Å². The van der Waals surface area contributed by atoms with E-state index in [9.17, 15) is 5.11 Å². The van der Waals surface area contributed by atoms with Crippen LogP contribution in [-0.2, 0) is 6.42 Å². The highest BCUT2D eigenvalue weighted by Gasteiger charge is 2.28. The van der Waals surface area contributed by atoms with Crippen molar-refractivity contribution in [2.75, 3.05) is 13.1 Å². The molecular weight excluding hydrogens is 298 g/mol. The first-order valence-corrected chi connectivity index (χ1v) is 8.82. The molecule has 1 aromatic carbocycles. The number of hydrogen-bond acceptors (Lipinski definition) is 3. The van der Waals surface area contributed by atoms with Gasteiger partial charge in [0, 0.05) is 24.3 Å². The maximum atomic E-state index is 9.99. The molecule has 1 N–H and O–H groups in total. The van der Waals surface area contributed by atoms with Crippen LogP contribution < -0.4 is 0 Å². The maximum absolute atomic E-state index is 9.99. The molecule has 4 nitrogen and oxygen atoms in total. The zero-order chi connectivity index (χ0) is 17.1. The minimum Gasteiger partial charge on any atom is -0.507 e. The van der Waals surface area contributed by atoms with Crippen LogP contribution in [0.3, 0.4) is 0 Å². The Balaban J connectivity index is 1.74. The van der Waals surface area contributed by atoms with Gasteiger partial charge >= 0.3 is 0 Å². The monoisotopic (exact) mass is 325 g/mol. The lowest BCUT2D eigenvalue weighted by Crippen LogP contribution is -2.28. The Morgan fingerprint density at radius 2 is 2.21 bits per heavy atom. The van der Waals surface area contributed by atoms with Crippen LogP contribution in [0.5, 0.6) is 5.75 Å². The fraction of sp³-hybridized carbons (Fsp3) is 0.450. The van der Waals surface area contributed by atoms with Gasteiger partial charge in [-0.15, -0.1) is 0 Å². The molecule has 0 radical (unpaired) electrons. The molecule has 128 valence electrons. The van der Waals surface area contributed by atoms with Crippen molar-refractivity contribution in [1.82, 2.24) is 14.7 Å². The van der Waals surface area contributed by atoms with Crippen LogP contribution in [0, 0.1) is 0 Å². The number of aromatic hydroxyl groups is 1. The summed E-state index contributed by atoms with van der Waals surface area (Å²) < 4.78 is 2.15. The number of nitrogens with zero attached hydrogens (tertiary/aromatic N) is 3. The van der Waals surface area contributed by atoms with Gasteiger partial charge in [0.15, 0.2) is 0 Å². The average Bonchev–Trinajstić information content (AvgIpc) is 3.21.